The molecule has 0 aliphatic heterocycles. The van der Waals surface area contributed by atoms with E-state index in [2.05, 4.69) is 13.8 Å². The lowest BCUT2D eigenvalue weighted by Gasteiger charge is -2.33. The van der Waals surface area contributed by atoms with Crippen molar-refractivity contribution in [2.45, 2.75) is 46.3 Å². The second kappa shape index (κ2) is 7.99. The van der Waals surface area contributed by atoms with Gasteiger partial charge in [0.15, 0.2) is 5.60 Å². The predicted octanol–water partition coefficient (Wildman–Crippen LogP) is 4.28. The van der Waals surface area contributed by atoms with Crippen LogP contribution in [0, 0.1) is 11.8 Å². The van der Waals surface area contributed by atoms with Gasteiger partial charge in [0.2, 0.25) is 0 Å². The SMILES string of the molecule is CC[C@@](OCc1ccccc1)(C(=O)O)[C@@H](C)/C=C/C(C)C. The Balaban J connectivity index is 2.90. The van der Waals surface area contributed by atoms with Crippen LogP contribution >= 0.6 is 0 Å². The minimum atomic E-state index is -1.18. The molecular weight excluding hydrogens is 264 g/mol. The second-order valence-corrected chi connectivity index (χ2v) is 5.74. The summed E-state index contributed by atoms with van der Waals surface area (Å²) in [7, 11) is 0. The average molecular weight is 290 g/mol. The zero-order chi connectivity index (χ0) is 15.9. The smallest absolute Gasteiger partial charge is 0.336 e. The van der Waals surface area contributed by atoms with E-state index in [9.17, 15) is 9.90 Å². The van der Waals surface area contributed by atoms with E-state index in [4.69, 9.17) is 4.74 Å². The third-order valence-electron chi connectivity index (χ3n) is 3.75. The van der Waals surface area contributed by atoms with Gasteiger partial charge in [-0.1, -0.05) is 70.2 Å². The first-order valence-corrected chi connectivity index (χ1v) is 7.52. The number of ether oxygens (including phenoxy) is 1. The summed E-state index contributed by atoms with van der Waals surface area (Å²) in [5, 5.41) is 9.68. The number of aliphatic carboxylic acids is 1. The average Bonchev–Trinajstić information content (AvgIpc) is 2.47. The van der Waals surface area contributed by atoms with Crippen LogP contribution in [0.3, 0.4) is 0 Å². The summed E-state index contributed by atoms with van der Waals surface area (Å²) in [5.74, 6) is -0.696. The predicted molar refractivity (Wildman–Crippen MR) is 85.0 cm³/mol. The van der Waals surface area contributed by atoms with Gasteiger partial charge in [-0.15, -0.1) is 0 Å². The minimum absolute atomic E-state index is 0.189. The molecule has 1 aromatic rings. The Morgan fingerprint density at radius 2 is 1.86 bits per heavy atom. The van der Waals surface area contributed by atoms with Crippen molar-refractivity contribution in [3.05, 3.63) is 48.0 Å². The molecular formula is C18H26O3. The van der Waals surface area contributed by atoms with Crippen molar-refractivity contribution in [1.82, 2.24) is 0 Å². The maximum atomic E-state index is 11.8. The van der Waals surface area contributed by atoms with Crippen molar-refractivity contribution in [2.75, 3.05) is 0 Å². The molecule has 0 fully saturated rings. The summed E-state index contributed by atoms with van der Waals surface area (Å²) in [6.07, 6.45) is 4.41. The van der Waals surface area contributed by atoms with Crippen molar-refractivity contribution < 1.29 is 14.6 Å². The van der Waals surface area contributed by atoms with E-state index in [1.54, 1.807) is 0 Å². The summed E-state index contributed by atoms with van der Waals surface area (Å²) in [4.78, 5) is 11.8. The molecule has 0 saturated carbocycles. The van der Waals surface area contributed by atoms with Crippen LogP contribution < -0.4 is 0 Å². The highest BCUT2D eigenvalue weighted by atomic mass is 16.5. The first-order chi connectivity index (χ1) is 9.92. The molecule has 0 heterocycles. The molecule has 0 amide bonds. The van der Waals surface area contributed by atoms with Gasteiger partial charge in [0.05, 0.1) is 6.61 Å². The Labute approximate surface area is 127 Å². The van der Waals surface area contributed by atoms with E-state index in [1.165, 1.54) is 0 Å². The molecule has 2 atom stereocenters. The van der Waals surface area contributed by atoms with Gasteiger partial charge in [0, 0.05) is 5.92 Å². The fourth-order valence-corrected chi connectivity index (χ4v) is 2.29. The topological polar surface area (TPSA) is 46.5 Å². The lowest BCUT2D eigenvalue weighted by Crippen LogP contribution is -2.46. The first kappa shape index (κ1) is 17.4. The Bertz CT molecular complexity index is 465. The van der Waals surface area contributed by atoms with Crippen molar-refractivity contribution >= 4 is 5.97 Å². The molecule has 3 nitrogen and oxygen atoms in total. The van der Waals surface area contributed by atoms with Crippen LogP contribution in [0.4, 0.5) is 0 Å². The molecule has 0 saturated heterocycles. The highest BCUT2D eigenvalue weighted by Gasteiger charge is 2.42. The maximum absolute atomic E-state index is 11.8. The molecule has 0 radical (unpaired) electrons. The van der Waals surface area contributed by atoms with Crippen LogP contribution in [0.25, 0.3) is 0 Å². The summed E-state index contributed by atoms with van der Waals surface area (Å²) in [6.45, 7) is 8.21. The van der Waals surface area contributed by atoms with Gasteiger partial charge in [-0.25, -0.2) is 4.79 Å². The Hall–Kier alpha value is -1.61. The van der Waals surface area contributed by atoms with E-state index in [0.29, 0.717) is 18.9 Å². The van der Waals surface area contributed by atoms with Gasteiger partial charge in [-0.3, -0.25) is 0 Å². The molecule has 0 spiro atoms. The molecule has 1 N–H and O–H groups in total. The lowest BCUT2D eigenvalue weighted by atomic mass is 9.85. The quantitative estimate of drug-likeness (QED) is 0.727. The van der Waals surface area contributed by atoms with Crippen LogP contribution in [0.5, 0.6) is 0 Å². The number of hydrogen-bond acceptors (Lipinski definition) is 2. The van der Waals surface area contributed by atoms with Gasteiger partial charge in [0.1, 0.15) is 0 Å². The number of hydrogen-bond donors (Lipinski definition) is 1. The van der Waals surface area contributed by atoms with Crippen LogP contribution in [0.2, 0.25) is 0 Å². The number of benzene rings is 1. The molecule has 0 aliphatic carbocycles. The minimum Gasteiger partial charge on any atom is -0.479 e. The van der Waals surface area contributed by atoms with Crippen molar-refractivity contribution in [2.24, 2.45) is 11.8 Å². The molecule has 1 aromatic carbocycles. The Kier molecular flexibility index (Phi) is 6.63. The van der Waals surface area contributed by atoms with Gasteiger partial charge in [-0.05, 0) is 17.9 Å². The van der Waals surface area contributed by atoms with Crippen molar-refractivity contribution in [3.8, 4) is 0 Å². The second-order valence-electron chi connectivity index (χ2n) is 5.74. The first-order valence-electron chi connectivity index (χ1n) is 7.52. The van der Waals surface area contributed by atoms with Crippen LogP contribution in [0.1, 0.15) is 39.7 Å². The van der Waals surface area contributed by atoms with Crippen LogP contribution in [-0.4, -0.2) is 16.7 Å². The van der Waals surface area contributed by atoms with E-state index in [1.807, 2.05) is 56.3 Å². The normalized spacial score (nSPS) is 16.0. The maximum Gasteiger partial charge on any atom is 0.336 e. The monoisotopic (exact) mass is 290 g/mol. The third-order valence-corrected chi connectivity index (χ3v) is 3.75. The van der Waals surface area contributed by atoms with E-state index in [0.717, 1.165) is 5.56 Å². The summed E-state index contributed by atoms with van der Waals surface area (Å²) >= 11 is 0. The fraction of sp³-hybridized carbons (Fsp3) is 0.500. The van der Waals surface area contributed by atoms with Crippen LogP contribution in [-0.2, 0) is 16.1 Å². The van der Waals surface area contributed by atoms with E-state index < -0.39 is 11.6 Å². The molecule has 3 heteroatoms. The molecule has 21 heavy (non-hydrogen) atoms. The lowest BCUT2D eigenvalue weighted by molar-refractivity contribution is -0.174. The van der Waals surface area contributed by atoms with Gasteiger partial charge in [0.25, 0.3) is 0 Å². The van der Waals surface area contributed by atoms with Crippen molar-refractivity contribution in [1.29, 1.82) is 0 Å². The van der Waals surface area contributed by atoms with Gasteiger partial charge < -0.3 is 9.84 Å². The standard InChI is InChI=1S/C18H26O3/c1-5-18(17(19)20,15(4)12-11-14(2)3)21-13-16-9-7-6-8-10-16/h6-12,14-15H,5,13H2,1-4H3,(H,19,20)/b12-11+/t15-,18-/m0/s1. The number of rotatable bonds is 8. The number of carboxylic acids is 1. The van der Waals surface area contributed by atoms with E-state index >= 15 is 0 Å². The highest BCUT2D eigenvalue weighted by molar-refractivity contribution is 5.78. The molecule has 0 bridgehead atoms. The molecule has 0 aromatic heterocycles. The van der Waals surface area contributed by atoms with Crippen molar-refractivity contribution in [3.63, 3.8) is 0 Å². The Morgan fingerprint density at radius 3 is 2.33 bits per heavy atom. The summed E-state index contributed by atoms with van der Waals surface area (Å²) in [6, 6.07) is 9.67. The van der Waals surface area contributed by atoms with Gasteiger partial charge >= 0.3 is 5.97 Å². The van der Waals surface area contributed by atoms with E-state index in [-0.39, 0.29) is 5.92 Å². The summed E-state index contributed by atoms with van der Waals surface area (Å²) < 4.78 is 5.87. The number of carbonyl (C=O) groups is 1. The zero-order valence-corrected chi connectivity index (χ0v) is 13.4. The largest absolute Gasteiger partial charge is 0.479 e. The zero-order valence-electron chi connectivity index (χ0n) is 13.4. The molecule has 116 valence electrons. The number of carboxylic acid groups (broad SMARTS) is 1. The Morgan fingerprint density at radius 1 is 1.24 bits per heavy atom. The molecule has 0 unspecified atom stereocenters. The number of allylic oxidation sites excluding steroid dienone is 1. The van der Waals surface area contributed by atoms with Gasteiger partial charge in [-0.2, -0.15) is 0 Å². The molecule has 0 aliphatic rings. The van der Waals surface area contributed by atoms with Crippen LogP contribution in [0.15, 0.2) is 42.5 Å². The summed E-state index contributed by atoms with van der Waals surface area (Å²) in [5.41, 5.74) is -0.196. The fourth-order valence-electron chi connectivity index (χ4n) is 2.29. The highest BCUT2D eigenvalue weighted by Crippen LogP contribution is 2.29. The third kappa shape index (κ3) is 4.71. The molecule has 1 rings (SSSR count).